The molecule has 0 bridgehead atoms. The van der Waals surface area contributed by atoms with E-state index in [9.17, 15) is 9.59 Å². The summed E-state index contributed by atoms with van der Waals surface area (Å²) in [6.45, 7) is 0.173. The van der Waals surface area contributed by atoms with Crippen LogP contribution in [0.25, 0.3) is 17.4 Å². The van der Waals surface area contributed by atoms with Crippen molar-refractivity contribution < 1.29 is 23.8 Å². The highest BCUT2D eigenvalue weighted by Crippen LogP contribution is 2.32. The second-order valence-electron chi connectivity index (χ2n) is 6.90. The summed E-state index contributed by atoms with van der Waals surface area (Å²) in [6.07, 6.45) is 1.79. The van der Waals surface area contributed by atoms with E-state index in [1.54, 1.807) is 54.6 Å². The molecule has 3 N–H and O–H groups in total. The van der Waals surface area contributed by atoms with Gasteiger partial charge in [-0.3, -0.25) is 9.59 Å². The smallest absolute Gasteiger partial charge is 0.267 e. The lowest BCUT2D eigenvalue weighted by molar-refractivity contribution is -0.117. The van der Waals surface area contributed by atoms with E-state index in [2.05, 4.69) is 10.6 Å². The molecule has 33 heavy (non-hydrogen) atoms. The molecule has 0 aliphatic heterocycles. The van der Waals surface area contributed by atoms with Gasteiger partial charge in [0.05, 0.1) is 12.1 Å². The Kier molecular flexibility index (Phi) is 8.54. The lowest BCUT2D eigenvalue weighted by Gasteiger charge is -2.11. The van der Waals surface area contributed by atoms with Crippen molar-refractivity contribution in [3.63, 3.8) is 0 Å². The molecule has 0 saturated heterocycles. The van der Waals surface area contributed by atoms with Gasteiger partial charge in [0.1, 0.15) is 23.0 Å². The zero-order valence-electron chi connectivity index (χ0n) is 17.7. The first kappa shape index (κ1) is 24.4. The second kappa shape index (κ2) is 11.6. The van der Waals surface area contributed by atoms with Crippen LogP contribution in [0.5, 0.6) is 5.75 Å². The minimum Gasteiger partial charge on any atom is -0.497 e. The molecule has 0 fully saturated rings. The van der Waals surface area contributed by atoms with E-state index in [1.807, 2.05) is 0 Å². The van der Waals surface area contributed by atoms with E-state index in [1.165, 1.54) is 13.2 Å². The summed E-state index contributed by atoms with van der Waals surface area (Å²) in [5.41, 5.74) is 0.919. The normalized spacial score (nSPS) is 11.2. The third-order valence-electron chi connectivity index (χ3n) is 4.57. The van der Waals surface area contributed by atoms with Gasteiger partial charge in [0.15, 0.2) is 0 Å². The van der Waals surface area contributed by atoms with Crippen LogP contribution in [-0.4, -0.2) is 37.2 Å². The molecular formula is C24H22Cl2N2O5. The van der Waals surface area contributed by atoms with Crippen LogP contribution in [0.3, 0.4) is 0 Å². The first-order valence-corrected chi connectivity index (χ1v) is 10.8. The molecule has 3 rings (SSSR count). The third-order valence-corrected chi connectivity index (χ3v) is 5.14. The fourth-order valence-electron chi connectivity index (χ4n) is 2.88. The number of carbonyl (C=O) groups excluding carboxylic acids is 2. The number of aliphatic hydroxyl groups is 1. The first-order chi connectivity index (χ1) is 15.9. The minimum absolute atomic E-state index is 0.0214. The van der Waals surface area contributed by atoms with E-state index < -0.39 is 11.8 Å². The molecule has 7 nitrogen and oxygen atoms in total. The number of hydrogen-bond donors (Lipinski definition) is 3. The largest absolute Gasteiger partial charge is 0.497 e. The van der Waals surface area contributed by atoms with Gasteiger partial charge < -0.3 is 24.9 Å². The highest BCUT2D eigenvalue weighted by Gasteiger charge is 2.16. The van der Waals surface area contributed by atoms with Crippen LogP contribution in [0.15, 0.2) is 64.7 Å². The van der Waals surface area contributed by atoms with Crippen LogP contribution in [0, 0.1) is 0 Å². The number of carbonyl (C=O) groups is 2. The number of nitrogens with one attached hydrogen (secondary N) is 2. The Morgan fingerprint density at radius 2 is 1.85 bits per heavy atom. The molecule has 3 aromatic rings. The van der Waals surface area contributed by atoms with Gasteiger partial charge in [-0.15, -0.1) is 0 Å². The number of hydrogen-bond acceptors (Lipinski definition) is 5. The van der Waals surface area contributed by atoms with Gasteiger partial charge in [-0.2, -0.15) is 0 Å². The SMILES string of the molecule is COc1ccc(C(=O)NC(=Cc2ccc(-c3cc(Cl)ccc3Cl)o2)C(=O)NCCCO)cc1. The molecule has 0 saturated carbocycles. The van der Waals surface area contributed by atoms with Crippen molar-refractivity contribution in [2.24, 2.45) is 0 Å². The zero-order chi connectivity index (χ0) is 23.8. The van der Waals surface area contributed by atoms with Gasteiger partial charge >= 0.3 is 0 Å². The molecule has 1 aromatic heterocycles. The van der Waals surface area contributed by atoms with Gasteiger partial charge in [0.2, 0.25) is 0 Å². The third kappa shape index (κ3) is 6.61. The number of benzene rings is 2. The number of aliphatic hydroxyl groups excluding tert-OH is 1. The first-order valence-electron chi connectivity index (χ1n) is 10.0. The van der Waals surface area contributed by atoms with Crippen molar-refractivity contribution in [3.05, 3.63) is 81.7 Å². The summed E-state index contributed by atoms with van der Waals surface area (Å²) in [6, 6.07) is 14.8. The maximum Gasteiger partial charge on any atom is 0.267 e. The molecule has 0 radical (unpaired) electrons. The molecule has 0 unspecified atom stereocenters. The van der Waals surface area contributed by atoms with E-state index in [0.29, 0.717) is 44.9 Å². The molecule has 172 valence electrons. The lowest BCUT2D eigenvalue weighted by atomic mass is 10.2. The Morgan fingerprint density at radius 3 is 2.55 bits per heavy atom. The van der Waals surface area contributed by atoms with Crippen molar-refractivity contribution in [1.82, 2.24) is 10.6 Å². The van der Waals surface area contributed by atoms with Crippen molar-refractivity contribution >= 4 is 41.1 Å². The second-order valence-corrected chi connectivity index (χ2v) is 7.74. The van der Waals surface area contributed by atoms with E-state index in [0.717, 1.165) is 0 Å². The van der Waals surface area contributed by atoms with Crippen LogP contribution >= 0.6 is 23.2 Å². The number of furan rings is 1. The zero-order valence-corrected chi connectivity index (χ0v) is 19.2. The van der Waals surface area contributed by atoms with Crippen LogP contribution in [0.2, 0.25) is 10.0 Å². The van der Waals surface area contributed by atoms with E-state index in [-0.39, 0.29) is 18.8 Å². The molecule has 0 aliphatic carbocycles. The number of methoxy groups -OCH3 is 1. The number of halogens is 2. The average molecular weight is 489 g/mol. The summed E-state index contributed by atoms with van der Waals surface area (Å²) in [5.74, 6) is 0.375. The van der Waals surface area contributed by atoms with E-state index in [4.69, 9.17) is 37.5 Å². The van der Waals surface area contributed by atoms with Crippen molar-refractivity contribution in [1.29, 1.82) is 0 Å². The van der Waals surface area contributed by atoms with Gasteiger partial charge in [-0.25, -0.2) is 0 Å². The van der Waals surface area contributed by atoms with Crippen LogP contribution in [0.4, 0.5) is 0 Å². The van der Waals surface area contributed by atoms with Gasteiger partial charge in [0.25, 0.3) is 11.8 Å². The fourth-order valence-corrected chi connectivity index (χ4v) is 3.26. The topological polar surface area (TPSA) is 101 Å². The lowest BCUT2D eigenvalue weighted by Crippen LogP contribution is -2.35. The molecule has 1 heterocycles. The molecule has 0 spiro atoms. The summed E-state index contributed by atoms with van der Waals surface area (Å²) >= 11 is 12.3. The van der Waals surface area contributed by atoms with Gasteiger partial charge in [-0.1, -0.05) is 23.2 Å². The number of ether oxygens (including phenoxy) is 1. The van der Waals surface area contributed by atoms with Crippen LogP contribution in [0.1, 0.15) is 22.5 Å². The summed E-state index contributed by atoms with van der Waals surface area (Å²) in [4.78, 5) is 25.4. The van der Waals surface area contributed by atoms with Crippen LogP contribution in [-0.2, 0) is 4.79 Å². The van der Waals surface area contributed by atoms with Crippen molar-refractivity contribution in [3.8, 4) is 17.1 Å². The highest BCUT2D eigenvalue weighted by atomic mass is 35.5. The Morgan fingerprint density at radius 1 is 1.09 bits per heavy atom. The van der Waals surface area contributed by atoms with E-state index >= 15 is 0 Å². The summed E-state index contributed by atoms with van der Waals surface area (Å²) < 4.78 is 10.9. The Balaban J connectivity index is 1.87. The Hall–Kier alpha value is -3.26. The summed E-state index contributed by atoms with van der Waals surface area (Å²) in [7, 11) is 1.53. The van der Waals surface area contributed by atoms with Gasteiger partial charge in [0, 0.05) is 35.4 Å². The molecule has 0 aliphatic rings. The van der Waals surface area contributed by atoms with Crippen molar-refractivity contribution in [2.75, 3.05) is 20.3 Å². The molecule has 2 aromatic carbocycles. The highest BCUT2D eigenvalue weighted by molar-refractivity contribution is 6.35. The standard InChI is InChI=1S/C24H22Cl2N2O5/c1-32-17-6-3-15(4-7-17)23(30)28-21(24(31)27-11-2-12-29)14-18-8-10-22(33-18)19-13-16(25)5-9-20(19)26/h3-10,13-14,29H,2,11-12H2,1H3,(H,27,31)(H,28,30). The van der Waals surface area contributed by atoms with Gasteiger partial charge in [-0.05, 0) is 61.0 Å². The number of rotatable bonds is 9. The quantitative estimate of drug-likeness (QED) is 0.303. The predicted octanol–water partition coefficient (Wildman–Crippen LogP) is 4.53. The Bertz CT molecular complexity index is 1160. The molecular weight excluding hydrogens is 467 g/mol. The maximum absolute atomic E-state index is 12.7. The maximum atomic E-state index is 12.7. The molecule has 2 amide bonds. The monoisotopic (exact) mass is 488 g/mol. The average Bonchev–Trinajstić information content (AvgIpc) is 3.28. The van der Waals surface area contributed by atoms with Crippen LogP contribution < -0.4 is 15.4 Å². The minimum atomic E-state index is -0.524. The summed E-state index contributed by atoms with van der Waals surface area (Å²) in [5, 5.41) is 15.2. The fraction of sp³-hybridized carbons (Fsp3) is 0.167. The molecule has 0 atom stereocenters. The van der Waals surface area contributed by atoms with Crippen molar-refractivity contribution in [2.45, 2.75) is 6.42 Å². The predicted molar refractivity (Wildman–Crippen MR) is 127 cm³/mol. The Labute approximate surface area is 201 Å². The number of amides is 2. The molecule has 9 heteroatoms.